The van der Waals surface area contributed by atoms with Gasteiger partial charge in [-0.15, -0.1) is 0 Å². The van der Waals surface area contributed by atoms with Gasteiger partial charge >= 0.3 is 0 Å². The van der Waals surface area contributed by atoms with E-state index in [1.54, 1.807) is 22.9 Å². The van der Waals surface area contributed by atoms with Gasteiger partial charge in [-0.05, 0) is 80.5 Å². The van der Waals surface area contributed by atoms with Crippen molar-refractivity contribution in [1.82, 2.24) is 10.2 Å². The number of carbonyl (C=O) groups excluding carboxylic acids is 3. The molecule has 3 amide bonds. The number of carbonyl (C=O) groups is 3. The fraction of sp³-hybridized carbons (Fsp3) is 0.400. The van der Waals surface area contributed by atoms with Crippen LogP contribution in [-0.2, 0) is 37.8 Å². The molecule has 10 nitrogen and oxygen atoms in total. The van der Waals surface area contributed by atoms with Crippen LogP contribution in [0.25, 0.3) is 0 Å². The number of aliphatic hydroxyl groups excluding tert-OH is 1. The lowest BCUT2D eigenvalue weighted by Gasteiger charge is -2.39. The Bertz CT molecular complexity index is 2110. The second-order valence-electron chi connectivity index (χ2n) is 16.5. The number of fused-ring (bicyclic) bond motifs is 2. The van der Waals surface area contributed by atoms with Crippen molar-refractivity contribution >= 4 is 43.2 Å². The second-order valence-corrected chi connectivity index (χ2v) is 20.3. The first-order chi connectivity index (χ1) is 27.5. The Labute approximate surface area is 335 Å². The van der Waals surface area contributed by atoms with Crippen LogP contribution in [0.2, 0.25) is 18.6 Å². The molecule has 12 heteroatoms. The van der Waals surface area contributed by atoms with Crippen LogP contribution in [0.1, 0.15) is 42.9 Å². The van der Waals surface area contributed by atoms with E-state index in [1.165, 1.54) is 0 Å². The van der Waals surface area contributed by atoms with E-state index in [-0.39, 0.29) is 43.8 Å². The maximum absolute atomic E-state index is 16.5. The summed E-state index contributed by atoms with van der Waals surface area (Å²) in [5, 5.41) is 13.3. The number of rotatable bonds is 11. The van der Waals surface area contributed by atoms with E-state index < -0.39 is 37.1 Å². The van der Waals surface area contributed by atoms with Crippen molar-refractivity contribution in [2.75, 3.05) is 47.6 Å². The fourth-order valence-corrected chi connectivity index (χ4v) is 12.5. The first-order valence-electron chi connectivity index (χ1n) is 20.1. The van der Waals surface area contributed by atoms with Crippen LogP contribution in [0.3, 0.4) is 0 Å². The minimum atomic E-state index is -3.52. The third-order valence-corrected chi connectivity index (χ3v) is 15.1. The number of nitrogens with one attached hydrogen (secondary N) is 1. The van der Waals surface area contributed by atoms with Gasteiger partial charge < -0.3 is 34.0 Å². The number of nitrogens with zero attached hydrogens (tertiary/aromatic N) is 4. The average molecular weight is 790 g/mol. The molecule has 0 aliphatic carbocycles. The molecule has 4 atom stereocenters. The highest BCUT2D eigenvalue weighted by molar-refractivity contribution is 6.72. The summed E-state index contributed by atoms with van der Waals surface area (Å²) in [6.45, 7) is 7.51. The summed E-state index contributed by atoms with van der Waals surface area (Å²) >= 11 is 0. The van der Waals surface area contributed by atoms with Gasteiger partial charge in [0.25, 0.3) is 11.8 Å². The number of para-hydroxylation sites is 2. The van der Waals surface area contributed by atoms with Crippen LogP contribution >= 0.6 is 0 Å². The quantitative estimate of drug-likeness (QED) is 0.135. The summed E-state index contributed by atoms with van der Waals surface area (Å²) in [4.78, 5) is 50.9. The number of anilines is 3. The number of ether oxygens (including phenoxy) is 1. The van der Waals surface area contributed by atoms with Crippen molar-refractivity contribution in [3.05, 3.63) is 126 Å². The molecule has 4 aliphatic rings. The number of hydrogen-bond acceptors (Lipinski definition) is 7. The normalized spacial score (nSPS) is 24.2. The van der Waals surface area contributed by atoms with Gasteiger partial charge in [-0.1, -0.05) is 85.8 Å². The Balaban J connectivity index is 1.08. The maximum Gasteiger partial charge on any atom is 0.264 e. The molecule has 0 saturated carbocycles. The van der Waals surface area contributed by atoms with Crippen LogP contribution in [-0.4, -0.2) is 80.7 Å². The maximum atomic E-state index is 16.5. The van der Waals surface area contributed by atoms with Crippen LogP contribution in [0, 0.1) is 5.92 Å². The van der Waals surface area contributed by atoms with Crippen molar-refractivity contribution in [3.8, 4) is 0 Å². The minimum absolute atomic E-state index is 0.0747. The van der Waals surface area contributed by atoms with E-state index in [1.807, 2.05) is 109 Å². The monoisotopic (exact) mass is 789 g/mol. The van der Waals surface area contributed by atoms with E-state index in [0.717, 1.165) is 35.6 Å². The van der Waals surface area contributed by atoms with Crippen LogP contribution in [0.4, 0.5) is 21.2 Å². The largest absolute Gasteiger partial charge is 0.395 e. The molecule has 0 unspecified atom stereocenters. The Morgan fingerprint density at radius 2 is 1.54 bits per heavy atom. The lowest BCUT2D eigenvalue weighted by atomic mass is 9.82. The zero-order valence-electron chi connectivity index (χ0n) is 32.9. The number of hydrogen-bond donors (Lipinski definition) is 2. The predicted molar refractivity (Wildman–Crippen MR) is 222 cm³/mol. The van der Waals surface area contributed by atoms with E-state index in [0.29, 0.717) is 37.3 Å². The standard InChI is InChI=1S/C45H52FN5O5Si/c1-32-41(57(2,3)46)39(28-40(53)48(25-26-52)29-33-13-6-4-7-14-33)56-45(32)37-19-10-11-20-38(37)49(43(45)55)30-34-15-12-18-36(27-34)50-31-51(35-16-8-5-9-17-35)44(42(50)54)21-23-47-24-22-44/h4-20,27,32,39,41,47,52H,21-26,28-31H2,1-3H3/t32-,39+,41-,45+/m1/s1. The molecule has 0 bridgehead atoms. The van der Waals surface area contributed by atoms with Crippen molar-refractivity contribution < 1.29 is 28.3 Å². The zero-order chi connectivity index (χ0) is 40.0. The van der Waals surface area contributed by atoms with Gasteiger partial charge in [-0.25, -0.2) is 0 Å². The summed E-state index contributed by atoms with van der Waals surface area (Å²) < 4.78 is 23.4. The molecule has 2 N–H and O–H groups in total. The SMILES string of the molecule is C[C@@H]1[C@@H]([Si](C)(C)F)[C@H](CC(=O)N(CCO)Cc2ccccc2)O[C@@]12C(=O)N(Cc1cccc(N3CN(c4ccccc4)C4(CCNCC4)C3=O)c1)c1ccccc12. The van der Waals surface area contributed by atoms with Crippen LogP contribution in [0.5, 0.6) is 0 Å². The molecule has 4 aromatic rings. The van der Waals surface area contributed by atoms with Crippen molar-refractivity contribution in [2.24, 2.45) is 5.92 Å². The number of piperidine rings is 1. The summed E-state index contributed by atoms with van der Waals surface area (Å²) in [5.41, 5.74) is 2.12. The molecule has 2 spiro atoms. The van der Waals surface area contributed by atoms with Gasteiger partial charge in [0.15, 0.2) is 5.60 Å². The van der Waals surface area contributed by atoms with E-state index in [2.05, 4.69) is 22.3 Å². The molecule has 8 rings (SSSR count). The highest BCUT2D eigenvalue weighted by atomic mass is 28.4. The smallest absolute Gasteiger partial charge is 0.264 e. The molecule has 57 heavy (non-hydrogen) atoms. The third-order valence-electron chi connectivity index (χ3n) is 12.7. The van der Waals surface area contributed by atoms with Crippen molar-refractivity contribution in [2.45, 2.75) is 75.2 Å². The van der Waals surface area contributed by atoms with Gasteiger partial charge in [0.2, 0.25) is 14.3 Å². The van der Waals surface area contributed by atoms with Gasteiger partial charge in [0, 0.05) is 41.5 Å². The van der Waals surface area contributed by atoms with Gasteiger partial charge in [-0.3, -0.25) is 19.3 Å². The molecule has 4 aliphatic heterocycles. The van der Waals surface area contributed by atoms with Crippen molar-refractivity contribution in [3.63, 3.8) is 0 Å². The topological polar surface area (TPSA) is 106 Å². The highest BCUT2D eigenvalue weighted by Crippen LogP contribution is 2.60. The first kappa shape index (κ1) is 39.0. The molecule has 4 heterocycles. The number of benzene rings is 4. The van der Waals surface area contributed by atoms with E-state index in [4.69, 9.17) is 4.74 Å². The van der Waals surface area contributed by atoms with Gasteiger partial charge in [-0.2, -0.15) is 0 Å². The third kappa shape index (κ3) is 6.86. The summed E-state index contributed by atoms with van der Waals surface area (Å²) in [7, 11) is -3.52. The lowest BCUT2D eigenvalue weighted by Crippen LogP contribution is -2.55. The number of aliphatic hydroxyl groups is 1. The van der Waals surface area contributed by atoms with E-state index in [9.17, 15) is 14.7 Å². The summed E-state index contributed by atoms with van der Waals surface area (Å²) in [6, 6.07) is 35.0. The molecule has 4 aromatic carbocycles. The summed E-state index contributed by atoms with van der Waals surface area (Å²) in [5.74, 6) is -1.02. The molecule has 3 saturated heterocycles. The second kappa shape index (κ2) is 15.5. The average Bonchev–Trinajstić information content (AvgIpc) is 3.76. The molecule has 0 radical (unpaired) electrons. The Kier molecular flexibility index (Phi) is 10.6. The van der Waals surface area contributed by atoms with Crippen LogP contribution in [0.15, 0.2) is 109 Å². The first-order valence-corrected chi connectivity index (χ1v) is 23.1. The predicted octanol–water partition coefficient (Wildman–Crippen LogP) is 6.35. The summed E-state index contributed by atoms with van der Waals surface area (Å²) in [6.07, 6.45) is 0.458. The molecular formula is C45H52FN5O5Si. The lowest BCUT2D eigenvalue weighted by molar-refractivity contribution is -0.150. The Morgan fingerprint density at radius 1 is 0.895 bits per heavy atom. The number of amides is 3. The Hall–Kier alpha value is -4.88. The fourth-order valence-electron chi connectivity index (χ4n) is 10.0. The molecule has 3 fully saturated rings. The Morgan fingerprint density at radius 3 is 2.25 bits per heavy atom. The minimum Gasteiger partial charge on any atom is -0.395 e. The molecule has 0 aromatic heterocycles. The zero-order valence-corrected chi connectivity index (χ0v) is 33.9. The number of halogens is 1. The van der Waals surface area contributed by atoms with E-state index >= 15 is 8.90 Å². The highest BCUT2D eigenvalue weighted by Gasteiger charge is 2.67. The molecule has 298 valence electrons. The van der Waals surface area contributed by atoms with Crippen molar-refractivity contribution in [1.29, 1.82) is 0 Å². The van der Waals surface area contributed by atoms with Crippen LogP contribution < -0.4 is 20.0 Å². The van der Waals surface area contributed by atoms with Gasteiger partial charge in [0.05, 0.1) is 38.0 Å². The van der Waals surface area contributed by atoms with Gasteiger partial charge in [0.1, 0.15) is 5.54 Å². The molecular weight excluding hydrogens is 738 g/mol.